The van der Waals surface area contributed by atoms with E-state index in [0.717, 1.165) is 11.4 Å². The van der Waals surface area contributed by atoms with Gasteiger partial charge in [-0.05, 0) is 19.9 Å². The Labute approximate surface area is 111 Å². The molecule has 0 radical (unpaired) electrons. The second-order valence-corrected chi connectivity index (χ2v) is 4.37. The number of aryl methyl sites for hydroxylation is 3. The molecule has 7 nitrogen and oxygen atoms in total. The third-order valence-electron chi connectivity index (χ3n) is 2.71. The molecule has 0 aliphatic heterocycles. The van der Waals surface area contributed by atoms with Gasteiger partial charge in [0.2, 0.25) is 5.91 Å². The second kappa shape index (κ2) is 6.89. The molecule has 19 heavy (non-hydrogen) atoms. The standard InChI is InChI=1S/C12H19N3O4/c1-8-7-9(2)15(14-8)5-3-11(17)13-10(4-6-16)12(18)19/h7,10,16H,3-6H2,1-2H3,(H,13,17)(H,18,19)/t10-/m0/s1. The van der Waals surface area contributed by atoms with E-state index < -0.39 is 12.0 Å². The first-order valence-electron chi connectivity index (χ1n) is 6.08. The molecule has 0 aliphatic carbocycles. The Hall–Kier alpha value is -1.89. The molecule has 0 aromatic carbocycles. The highest BCUT2D eigenvalue weighted by molar-refractivity contribution is 5.83. The normalized spacial score (nSPS) is 12.2. The van der Waals surface area contributed by atoms with Gasteiger partial charge in [0.05, 0.1) is 5.69 Å². The van der Waals surface area contributed by atoms with Gasteiger partial charge in [0.15, 0.2) is 0 Å². The minimum absolute atomic E-state index is 0.000971. The average Bonchev–Trinajstić information content (AvgIpc) is 2.64. The van der Waals surface area contributed by atoms with Crippen LogP contribution in [-0.2, 0) is 16.1 Å². The molecule has 0 bridgehead atoms. The lowest BCUT2D eigenvalue weighted by atomic mass is 10.2. The molecule has 0 unspecified atom stereocenters. The molecule has 0 saturated carbocycles. The zero-order valence-corrected chi connectivity index (χ0v) is 11.1. The topological polar surface area (TPSA) is 104 Å². The summed E-state index contributed by atoms with van der Waals surface area (Å²) in [6.45, 7) is 3.88. The molecular formula is C12H19N3O4. The van der Waals surface area contributed by atoms with Crippen molar-refractivity contribution in [2.45, 2.75) is 39.3 Å². The van der Waals surface area contributed by atoms with Crippen LogP contribution in [-0.4, -0.2) is 44.5 Å². The summed E-state index contributed by atoms with van der Waals surface area (Å²) in [5, 5.41) is 24.1. The number of amides is 1. The summed E-state index contributed by atoms with van der Waals surface area (Å²) in [4.78, 5) is 22.4. The maximum absolute atomic E-state index is 11.6. The maximum atomic E-state index is 11.6. The number of nitrogens with zero attached hydrogens (tertiary/aromatic N) is 2. The van der Waals surface area contributed by atoms with Gasteiger partial charge in [0.25, 0.3) is 0 Å². The van der Waals surface area contributed by atoms with Crippen molar-refractivity contribution in [3.63, 3.8) is 0 Å². The number of aliphatic carboxylic acids is 1. The predicted octanol–water partition coefficient (Wildman–Crippen LogP) is -0.158. The van der Waals surface area contributed by atoms with E-state index in [1.165, 1.54) is 0 Å². The first-order chi connectivity index (χ1) is 8.93. The van der Waals surface area contributed by atoms with Gasteiger partial charge in [-0.15, -0.1) is 0 Å². The first-order valence-corrected chi connectivity index (χ1v) is 6.08. The summed E-state index contributed by atoms with van der Waals surface area (Å²) in [7, 11) is 0. The maximum Gasteiger partial charge on any atom is 0.326 e. The van der Waals surface area contributed by atoms with Gasteiger partial charge in [0, 0.05) is 31.7 Å². The SMILES string of the molecule is Cc1cc(C)n(CCC(=O)N[C@@H](CCO)C(=O)O)n1. The van der Waals surface area contributed by atoms with Crippen LogP contribution in [0.5, 0.6) is 0 Å². The van der Waals surface area contributed by atoms with Crippen LogP contribution in [0.3, 0.4) is 0 Å². The van der Waals surface area contributed by atoms with Gasteiger partial charge in [-0.25, -0.2) is 4.79 Å². The van der Waals surface area contributed by atoms with Crippen LogP contribution in [0.25, 0.3) is 0 Å². The Kier molecular flexibility index (Phi) is 5.50. The first kappa shape index (κ1) is 15.2. The third-order valence-corrected chi connectivity index (χ3v) is 2.71. The Morgan fingerprint density at radius 2 is 2.16 bits per heavy atom. The summed E-state index contributed by atoms with van der Waals surface area (Å²) in [6.07, 6.45) is 0.151. The molecule has 3 N–H and O–H groups in total. The van der Waals surface area contributed by atoms with E-state index in [9.17, 15) is 9.59 Å². The van der Waals surface area contributed by atoms with Gasteiger partial charge < -0.3 is 15.5 Å². The minimum atomic E-state index is -1.14. The van der Waals surface area contributed by atoms with E-state index in [2.05, 4.69) is 10.4 Å². The fourth-order valence-corrected chi connectivity index (χ4v) is 1.76. The molecule has 1 atom stereocenters. The van der Waals surface area contributed by atoms with Crippen LogP contribution in [0.2, 0.25) is 0 Å². The van der Waals surface area contributed by atoms with Crippen LogP contribution in [0.15, 0.2) is 6.07 Å². The number of carbonyl (C=O) groups excluding carboxylic acids is 1. The lowest BCUT2D eigenvalue weighted by Gasteiger charge is -2.13. The lowest BCUT2D eigenvalue weighted by Crippen LogP contribution is -2.41. The van der Waals surface area contributed by atoms with Crippen molar-refractivity contribution in [2.75, 3.05) is 6.61 Å². The van der Waals surface area contributed by atoms with E-state index in [1.54, 1.807) is 4.68 Å². The molecule has 0 saturated heterocycles. The average molecular weight is 269 g/mol. The highest BCUT2D eigenvalue weighted by atomic mass is 16.4. The fourth-order valence-electron chi connectivity index (χ4n) is 1.76. The predicted molar refractivity (Wildman–Crippen MR) is 67.6 cm³/mol. The summed E-state index contributed by atoms with van der Waals surface area (Å²) in [6, 6.07) is 0.863. The number of rotatable bonds is 7. The van der Waals surface area contributed by atoms with Gasteiger partial charge >= 0.3 is 5.97 Å². The van der Waals surface area contributed by atoms with Crippen LogP contribution >= 0.6 is 0 Å². The zero-order valence-electron chi connectivity index (χ0n) is 11.1. The van der Waals surface area contributed by atoms with Crippen molar-refractivity contribution in [1.29, 1.82) is 0 Å². The molecule has 0 aliphatic rings. The third kappa shape index (κ3) is 4.70. The van der Waals surface area contributed by atoms with Crippen molar-refractivity contribution in [3.05, 3.63) is 17.5 Å². The van der Waals surface area contributed by atoms with E-state index >= 15 is 0 Å². The monoisotopic (exact) mass is 269 g/mol. The molecule has 1 aromatic heterocycles. The second-order valence-electron chi connectivity index (χ2n) is 4.37. The zero-order chi connectivity index (χ0) is 14.4. The number of carboxylic acid groups (broad SMARTS) is 1. The highest BCUT2D eigenvalue weighted by Crippen LogP contribution is 2.03. The number of aromatic nitrogens is 2. The molecular weight excluding hydrogens is 250 g/mol. The Balaban J connectivity index is 2.47. The number of hydrogen-bond acceptors (Lipinski definition) is 4. The minimum Gasteiger partial charge on any atom is -0.480 e. The molecule has 1 rings (SSSR count). The van der Waals surface area contributed by atoms with Gasteiger partial charge in [-0.3, -0.25) is 9.48 Å². The Morgan fingerprint density at radius 3 is 2.63 bits per heavy atom. The summed E-state index contributed by atoms with van der Waals surface area (Å²) in [5.41, 5.74) is 1.83. The molecule has 0 spiro atoms. The molecule has 1 amide bonds. The molecule has 7 heteroatoms. The molecule has 1 heterocycles. The number of carbonyl (C=O) groups is 2. The van der Waals surface area contributed by atoms with Crippen LogP contribution in [0, 0.1) is 13.8 Å². The van der Waals surface area contributed by atoms with Crippen molar-refractivity contribution in [1.82, 2.24) is 15.1 Å². The number of nitrogens with one attached hydrogen (secondary N) is 1. The Morgan fingerprint density at radius 1 is 1.47 bits per heavy atom. The quantitative estimate of drug-likeness (QED) is 0.638. The van der Waals surface area contributed by atoms with Gasteiger partial charge in [-0.2, -0.15) is 5.10 Å². The summed E-state index contributed by atoms with van der Waals surface area (Å²) in [5.74, 6) is -1.51. The van der Waals surface area contributed by atoms with Gasteiger partial charge in [-0.1, -0.05) is 0 Å². The van der Waals surface area contributed by atoms with E-state index in [0.29, 0.717) is 6.54 Å². The molecule has 0 fully saturated rings. The van der Waals surface area contributed by atoms with Crippen molar-refractivity contribution < 1.29 is 19.8 Å². The Bertz CT molecular complexity index is 456. The van der Waals surface area contributed by atoms with Crippen LogP contribution < -0.4 is 5.32 Å². The number of aliphatic hydroxyl groups is 1. The molecule has 106 valence electrons. The van der Waals surface area contributed by atoms with E-state index in [1.807, 2.05) is 19.9 Å². The smallest absolute Gasteiger partial charge is 0.326 e. The highest BCUT2D eigenvalue weighted by Gasteiger charge is 2.19. The lowest BCUT2D eigenvalue weighted by molar-refractivity contribution is -0.142. The largest absolute Gasteiger partial charge is 0.480 e. The van der Waals surface area contributed by atoms with Crippen LogP contribution in [0.4, 0.5) is 0 Å². The van der Waals surface area contributed by atoms with E-state index in [-0.39, 0.29) is 25.4 Å². The summed E-state index contributed by atoms with van der Waals surface area (Å²) >= 11 is 0. The van der Waals surface area contributed by atoms with Crippen molar-refractivity contribution in [3.8, 4) is 0 Å². The van der Waals surface area contributed by atoms with Crippen molar-refractivity contribution in [2.24, 2.45) is 0 Å². The number of aliphatic hydroxyl groups excluding tert-OH is 1. The molecule has 1 aromatic rings. The van der Waals surface area contributed by atoms with Gasteiger partial charge in [0.1, 0.15) is 6.04 Å². The van der Waals surface area contributed by atoms with Crippen LogP contribution in [0.1, 0.15) is 24.2 Å². The van der Waals surface area contributed by atoms with E-state index in [4.69, 9.17) is 10.2 Å². The van der Waals surface area contributed by atoms with Crippen molar-refractivity contribution >= 4 is 11.9 Å². The number of hydrogen-bond donors (Lipinski definition) is 3. The summed E-state index contributed by atoms with van der Waals surface area (Å²) < 4.78 is 1.71. The number of carboxylic acids is 1. The fraction of sp³-hybridized carbons (Fsp3) is 0.583.